The Morgan fingerprint density at radius 2 is 1.55 bits per heavy atom. The van der Waals surface area contributed by atoms with Gasteiger partial charge in [0.1, 0.15) is 22.8 Å². The van der Waals surface area contributed by atoms with Crippen molar-refractivity contribution >= 4 is 23.1 Å². The number of fused-ring (bicyclic) bond motifs is 1. The highest BCUT2D eigenvalue weighted by atomic mass is 16.5. The Balaban J connectivity index is 1.95. The van der Waals surface area contributed by atoms with Crippen LogP contribution < -0.4 is 9.47 Å². The number of benzene rings is 2. The molecular weight excluding hydrogens is 280 g/mol. The van der Waals surface area contributed by atoms with Gasteiger partial charge in [0.05, 0.1) is 25.9 Å². The Bertz CT molecular complexity index is 808. The molecule has 0 radical (unpaired) electrons. The summed E-state index contributed by atoms with van der Waals surface area (Å²) in [5, 5.41) is 10.7. The van der Waals surface area contributed by atoms with E-state index in [9.17, 15) is 5.11 Å². The van der Waals surface area contributed by atoms with Gasteiger partial charge in [-0.15, -0.1) is 0 Å². The van der Waals surface area contributed by atoms with Gasteiger partial charge in [0.25, 0.3) is 0 Å². The maximum atomic E-state index is 9.97. The third-order valence-corrected chi connectivity index (χ3v) is 3.41. The van der Waals surface area contributed by atoms with Gasteiger partial charge in [-0.2, -0.15) is 0 Å². The van der Waals surface area contributed by atoms with Gasteiger partial charge in [0, 0.05) is 6.07 Å². The number of aromatic hydroxyl groups is 1. The second kappa shape index (κ2) is 5.85. The highest BCUT2D eigenvalue weighted by molar-refractivity contribution is 5.87. The van der Waals surface area contributed by atoms with Gasteiger partial charge in [-0.05, 0) is 41.5 Å². The number of phenolic OH excluding ortho intramolecular Hbond substituents is 1. The molecule has 112 valence electrons. The molecule has 0 amide bonds. The van der Waals surface area contributed by atoms with Crippen molar-refractivity contribution in [1.82, 2.24) is 0 Å². The van der Waals surface area contributed by atoms with Gasteiger partial charge in [-0.25, -0.2) is 0 Å². The van der Waals surface area contributed by atoms with E-state index in [4.69, 9.17) is 13.9 Å². The van der Waals surface area contributed by atoms with Crippen LogP contribution in [0, 0.1) is 0 Å². The molecule has 0 aliphatic rings. The Labute approximate surface area is 128 Å². The minimum Gasteiger partial charge on any atom is -0.507 e. The summed E-state index contributed by atoms with van der Waals surface area (Å²) in [4.78, 5) is 0. The molecule has 0 fully saturated rings. The van der Waals surface area contributed by atoms with Crippen LogP contribution in [-0.2, 0) is 0 Å². The number of rotatable bonds is 4. The van der Waals surface area contributed by atoms with Gasteiger partial charge >= 0.3 is 0 Å². The summed E-state index contributed by atoms with van der Waals surface area (Å²) in [6, 6.07) is 11.0. The van der Waals surface area contributed by atoms with Crippen LogP contribution in [0.5, 0.6) is 17.2 Å². The van der Waals surface area contributed by atoms with Crippen LogP contribution in [0.4, 0.5) is 0 Å². The Kier molecular flexibility index (Phi) is 3.74. The smallest absolute Gasteiger partial charge is 0.138 e. The molecule has 0 aliphatic carbocycles. The van der Waals surface area contributed by atoms with Gasteiger partial charge in [0.15, 0.2) is 0 Å². The fraction of sp³-hybridized carbons (Fsp3) is 0.111. The molecule has 22 heavy (non-hydrogen) atoms. The second-order valence-corrected chi connectivity index (χ2v) is 4.85. The molecule has 1 aromatic heterocycles. The molecule has 1 heterocycles. The number of phenols is 1. The predicted octanol–water partition coefficient (Wildman–Crippen LogP) is 4.33. The van der Waals surface area contributed by atoms with Crippen LogP contribution >= 0.6 is 0 Å². The van der Waals surface area contributed by atoms with E-state index in [1.54, 1.807) is 32.6 Å². The zero-order valence-corrected chi connectivity index (χ0v) is 12.4. The molecule has 1 N–H and O–H groups in total. The van der Waals surface area contributed by atoms with Gasteiger partial charge in [-0.1, -0.05) is 12.2 Å². The molecular formula is C18H16O4. The molecule has 0 atom stereocenters. The van der Waals surface area contributed by atoms with Crippen LogP contribution in [0.1, 0.15) is 11.1 Å². The molecule has 3 aromatic rings. The third-order valence-electron chi connectivity index (χ3n) is 3.41. The molecule has 0 spiro atoms. The van der Waals surface area contributed by atoms with E-state index in [0.29, 0.717) is 11.0 Å². The van der Waals surface area contributed by atoms with Crippen molar-refractivity contribution < 1.29 is 19.0 Å². The van der Waals surface area contributed by atoms with Crippen molar-refractivity contribution in [3.63, 3.8) is 0 Å². The molecule has 0 bridgehead atoms. The summed E-state index contributed by atoms with van der Waals surface area (Å²) < 4.78 is 15.8. The Morgan fingerprint density at radius 3 is 2.18 bits per heavy atom. The molecule has 3 rings (SSSR count). The van der Waals surface area contributed by atoms with Crippen molar-refractivity contribution in [2.24, 2.45) is 0 Å². The highest BCUT2D eigenvalue weighted by Gasteiger charge is 2.04. The van der Waals surface area contributed by atoms with Crippen LogP contribution in [0.2, 0.25) is 0 Å². The Morgan fingerprint density at radius 1 is 0.909 bits per heavy atom. The van der Waals surface area contributed by atoms with E-state index < -0.39 is 0 Å². The predicted molar refractivity (Wildman–Crippen MR) is 86.4 cm³/mol. The van der Waals surface area contributed by atoms with E-state index in [2.05, 4.69) is 0 Å². The highest BCUT2D eigenvalue weighted by Crippen LogP contribution is 2.29. The topological polar surface area (TPSA) is 51.8 Å². The molecule has 2 aromatic carbocycles. The van der Waals surface area contributed by atoms with Crippen molar-refractivity contribution in [1.29, 1.82) is 0 Å². The lowest BCUT2D eigenvalue weighted by molar-refractivity contribution is 0.394. The monoisotopic (exact) mass is 296 g/mol. The molecule has 0 saturated carbocycles. The average Bonchev–Trinajstić information content (AvgIpc) is 3.01. The first-order valence-electron chi connectivity index (χ1n) is 6.81. The summed E-state index contributed by atoms with van der Waals surface area (Å²) in [6.07, 6.45) is 5.38. The molecule has 4 heteroatoms. The fourth-order valence-corrected chi connectivity index (χ4v) is 2.29. The first kappa shape index (κ1) is 14.1. The van der Waals surface area contributed by atoms with Crippen LogP contribution in [0.25, 0.3) is 23.1 Å². The van der Waals surface area contributed by atoms with Gasteiger partial charge < -0.3 is 19.0 Å². The third kappa shape index (κ3) is 2.76. The van der Waals surface area contributed by atoms with Gasteiger partial charge in [-0.3, -0.25) is 0 Å². The minimum absolute atomic E-state index is 0.203. The molecule has 0 unspecified atom stereocenters. The van der Waals surface area contributed by atoms with Crippen molar-refractivity contribution in [2.45, 2.75) is 0 Å². The lowest BCUT2D eigenvalue weighted by Gasteiger charge is -2.05. The number of hydrogen-bond acceptors (Lipinski definition) is 4. The quantitative estimate of drug-likeness (QED) is 0.728. The van der Waals surface area contributed by atoms with E-state index in [1.165, 1.54) is 0 Å². The normalized spacial score (nSPS) is 11.2. The van der Waals surface area contributed by atoms with E-state index in [-0.39, 0.29) is 5.75 Å². The largest absolute Gasteiger partial charge is 0.507 e. The number of furan rings is 1. The lowest BCUT2D eigenvalue weighted by atomic mass is 10.1. The fourth-order valence-electron chi connectivity index (χ4n) is 2.29. The van der Waals surface area contributed by atoms with E-state index >= 15 is 0 Å². The van der Waals surface area contributed by atoms with Crippen LogP contribution in [0.3, 0.4) is 0 Å². The second-order valence-electron chi connectivity index (χ2n) is 4.85. The lowest BCUT2D eigenvalue weighted by Crippen LogP contribution is -1.88. The SMILES string of the molecule is COc1cc(/C=C\c2cc(O)c3ccoc3c2)cc(OC)c1. The number of ether oxygens (including phenoxy) is 2. The minimum atomic E-state index is 0.203. The van der Waals surface area contributed by atoms with Crippen LogP contribution in [-0.4, -0.2) is 19.3 Å². The van der Waals surface area contributed by atoms with Crippen LogP contribution in [0.15, 0.2) is 47.1 Å². The first-order chi connectivity index (χ1) is 10.7. The van der Waals surface area contributed by atoms with Crippen molar-refractivity contribution in [3.8, 4) is 17.2 Å². The number of hydrogen-bond donors (Lipinski definition) is 1. The molecule has 4 nitrogen and oxygen atoms in total. The first-order valence-corrected chi connectivity index (χ1v) is 6.81. The Hall–Kier alpha value is -2.88. The van der Waals surface area contributed by atoms with Gasteiger partial charge in [0.2, 0.25) is 0 Å². The summed E-state index contributed by atoms with van der Waals surface area (Å²) in [7, 11) is 3.23. The molecule has 0 aliphatic heterocycles. The number of methoxy groups -OCH3 is 2. The average molecular weight is 296 g/mol. The zero-order valence-electron chi connectivity index (χ0n) is 12.4. The maximum absolute atomic E-state index is 9.97. The molecule has 0 saturated heterocycles. The summed E-state index contributed by atoms with van der Waals surface area (Å²) >= 11 is 0. The summed E-state index contributed by atoms with van der Waals surface area (Å²) in [6.45, 7) is 0. The van der Waals surface area contributed by atoms with E-state index in [1.807, 2.05) is 36.4 Å². The van der Waals surface area contributed by atoms with E-state index in [0.717, 1.165) is 22.6 Å². The van der Waals surface area contributed by atoms with Crippen molar-refractivity contribution in [3.05, 3.63) is 53.8 Å². The summed E-state index contributed by atoms with van der Waals surface area (Å²) in [5.74, 6) is 1.65. The maximum Gasteiger partial charge on any atom is 0.138 e. The summed E-state index contributed by atoms with van der Waals surface area (Å²) in [5.41, 5.74) is 2.44. The standard InChI is InChI=1S/C18H16O4/c1-20-14-7-12(8-15(11-14)21-2)3-4-13-9-17(19)16-5-6-22-18(16)10-13/h3-11,19H,1-2H3/b4-3-. The van der Waals surface area contributed by atoms with Crippen molar-refractivity contribution in [2.75, 3.05) is 14.2 Å². The zero-order chi connectivity index (χ0) is 15.5.